The largest absolute Gasteiger partial charge is 0.497 e. The van der Waals surface area contributed by atoms with Crippen molar-refractivity contribution in [1.29, 1.82) is 5.26 Å². The van der Waals surface area contributed by atoms with E-state index >= 15 is 0 Å². The van der Waals surface area contributed by atoms with Crippen LogP contribution in [0.4, 0.5) is 0 Å². The Morgan fingerprint density at radius 1 is 0.933 bits per heavy atom. The molecule has 2 aromatic carbocycles. The molecule has 0 bridgehead atoms. The number of hydrogen-bond acceptors (Lipinski definition) is 6. The number of benzene rings is 2. The van der Waals surface area contributed by atoms with Crippen molar-refractivity contribution in [2.45, 2.75) is 44.1 Å². The molecular formula is C24H31N3O3. The lowest BCUT2D eigenvalue weighted by molar-refractivity contribution is 0.354. The Morgan fingerprint density at radius 2 is 1.73 bits per heavy atom. The van der Waals surface area contributed by atoms with Gasteiger partial charge in [0.25, 0.3) is 0 Å². The number of ether oxygens (including phenoxy) is 3. The Labute approximate surface area is 179 Å². The van der Waals surface area contributed by atoms with Gasteiger partial charge in [-0.1, -0.05) is 18.2 Å². The maximum Gasteiger partial charge on any atom is 0.161 e. The van der Waals surface area contributed by atoms with Crippen molar-refractivity contribution in [2.75, 3.05) is 28.4 Å². The fraction of sp³-hybridized carbons (Fsp3) is 0.458. The van der Waals surface area contributed by atoms with E-state index in [0.717, 1.165) is 43.4 Å². The summed E-state index contributed by atoms with van der Waals surface area (Å²) in [6, 6.07) is 16.3. The van der Waals surface area contributed by atoms with Gasteiger partial charge >= 0.3 is 0 Å². The molecule has 6 nitrogen and oxygen atoms in total. The van der Waals surface area contributed by atoms with Gasteiger partial charge in [-0.3, -0.25) is 0 Å². The Kier molecular flexibility index (Phi) is 9.66. The topological polar surface area (TPSA) is 76.2 Å². The van der Waals surface area contributed by atoms with Gasteiger partial charge in [0.05, 0.1) is 39.4 Å². The second kappa shape index (κ2) is 12.5. The lowest BCUT2D eigenvalue weighted by Crippen LogP contribution is -2.07. The molecule has 30 heavy (non-hydrogen) atoms. The molecule has 0 saturated carbocycles. The van der Waals surface area contributed by atoms with Crippen molar-refractivity contribution in [3.63, 3.8) is 0 Å². The van der Waals surface area contributed by atoms with E-state index in [-0.39, 0.29) is 12.0 Å². The third kappa shape index (κ3) is 6.77. The first-order chi connectivity index (χ1) is 14.6. The van der Waals surface area contributed by atoms with Crippen LogP contribution < -0.4 is 14.2 Å². The van der Waals surface area contributed by atoms with E-state index in [9.17, 15) is 5.26 Å². The standard InChI is InChI=1S/C24H31N3O3/c1-26-27-21(13-11-18-7-5-10-22(15-18)28-2)9-6-8-20(17-25)19-12-14-23(29-3)24(16-19)30-4/h5,7,10,12,14-16,20-21H,6,8-9,11,13H2,1-4H3. The monoisotopic (exact) mass is 409 g/mol. The molecule has 0 aromatic heterocycles. The van der Waals surface area contributed by atoms with Crippen molar-refractivity contribution in [3.8, 4) is 23.3 Å². The van der Waals surface area contributed by atoms with Crippen LogP contribution in [0.3, 0.4) is 0 Å². The van der Waals surface area contributed by atoms with Gasteiger partial charge in [-0.05, 0) is 67.5 Å². The van der Waals surface area contributed by atoms with Gasteiger partial charge < -0.3 is 14.2 Å². The summed E-state index contributed by atoms with van der Waals surface area (Å²) in [5.74, 6) is 1.99. The number of nitriles is 1. The number of azo groups is 1. The van der Waals surface area contributed by atoms with Crippen LogP contribution in [-0.2, 0) is 6.42 Å². The highest BCUT2D eigenvalue weighted by atomic mass is 16.5. The zero-order valence-electron chi connectivity index (χ0n) is 18.3. The normalized spacial score (nSPS) is 12.9. The summed E-state index contributed by atoms with van der Waals surface area (Å²) < 4.78 is 15.9. The first kappa shape index (κ1) is 23.2. The minimum absolute atomic E-state index is 0.144. The highest BCUT2D eigenvalue weighted by Gasteiger charge is 2.16. The van der Waals surface area contributed by atoms with E-state index in [1.54, 1.807) is 28.4 Å². The molecule has 0 fully saturated rings. The summed E-state index contributed by atoms with van der Waals surface area (Å²) in [6.45, 7) is 0. The number of aryl methyl sites for hydroxylation is 1. The second-order valence-electron chi connectivity index (χ2n) is 7.09. The maximum absolute atomic E-state index is 9.66. The molecule has 2 atom stereocenters. The zero-order chi connectivity index (χ0) is 21.8. The molecule has 2 rings (SSSR count). The average molecular weight is 410 g/mol. The van der Waals surface area contributed by atoms with E-state index in [2.05, 4.69) is 28.4 Å². The van der Waals surface area contributed by atoms with Gasteiger partial charge in [0.2, 0.25) is 0 Å². The molecule has 6 heteroatoms. The molecule has 0 saturated heterocycles. The number of nitrogens with zero attached hydrogens (tertiary/aromatic N) is 3. The molecule has 2 aromatic rings. The minimum atomic E-state index is -0.192. The summed E-state index contributed by atoms with van der Waals surface area (Å²) in [6.07, 6.45) is 4.39. The summed E-state index contributed by atoms with van der Waals surface area (Å²) >= 11 is 0. The third-order valence-electron chi connectivity index (χ3n) is 5.18. The highest BCUT2D eigenvalue weighted by molar-refractivity contribution is 5.45. The lowest BCUT2D eigenvalue weighted by atomic mass is 9.92. The van der Waals surface area contributed by atoms with Crippen LogP contribution in [0.1, 0.15) is 42.7 Å². The maximum atomic E-state index is 9.66. The van der Waals surface area contributed by atoms with Crippen molar-refractivity contribution < 1.29 is 14.2 Å². The molecule has 160 valence electrons. The van der Waals surface area contributed by atoms with Gasteiger partial charge in [-0.15, -0.1) is 0 Å². The van der Waals surface area contributed by atoms with E-state index in [1.807, 2.05) is 30.3 Å². The number of methoxy groups -OCH3 is 3. The van der Waals surface area contributed by atoms with Crippen molar-refractivity contribution in [1.82, 2.24) is 0 Å². The smallest absolute Gasteiger partial charge is 0.161 e. The van der Waals surface area contributed by atoms with Gasteiger partial charge in [0.15, 0.2) is 11.5 Å². The van der Waals surface area contributed by atoms with E-state index in [4.69, 9.17) is 14.2 Å². The predicted octanol–water partition coefficient (Wildman–Crippen LogP) is 5.57. The van der Waals surface area contributed by atoms with E-state index < -0.39 is 0 Å². The molecule has 0 aliphatic heterocycles. The van der Waals surface area contributed by atoms with Crippen LogP contribution in [0.5, 0.6) is 17.2 Å². The number of hydrogen-bond donors (Lipinski definition) is 0. The zero-order valence-corrected chi connectivity index (χ0v) is 18.3. The Hall–Kier alpha value is -3.07. The van der Waals surface area contributed by atoms with Gasteiger partial charge in [0.1, 0.15) is 5.75 Å². The van der Waals surface area contributed by atoms with Crippen LogP contribution in [0.15, 0.2) is 52.7 Å². The fourth-order valence-electron chi connectivity index (χ4n) is 3.52. The van der Waals surface area contributed by atoms with Crippen molar-refractivity contribution >= 4 is 0 Å². The SMILES string of the molecule is CN=NC(CCCC(C#N)c1ccc(OC)c(OC)c1)CCc1cccc(OC)c1. The number of rotatable bonds is 12. The molecule has 0 aliphatic carbocycles. The van der Waals surface area contributed by atoms with E-state index in [1.165, 1.54) is 5.56 Å². The van der Waals surface area contributed by atoms with E-state index in [0.29, 0.717) is 11.5 Å². The van der Waals surface area contributed by atoms with Gasteiger partial charge in [0, 0.05) is 7.05 Å². The highest BCUT2D eigenvalue weighted by Crippen LogP contribution is 2.32. The summed E-state index contributed by atoms with van der Waals surface area (Å²) in [7, 11) is 6.59. The molecule has 2 unspecified atom stereocenters. The Balaban J connectivity index is 1.93. The van der Waals surface area contributed by atoms with Gasteiger partial charge in [-0.25, -0.2) is 0 Å². The van der Waals surface area contributed by atoms with Crippen LogP contribution in [0.25, 0.3) is 0 Å². The quantitative estimate of drug-likeness (QED) is 0.429. The van der Waals surface area contributed by atoms with Crippen molar-refractivity contribution in [3.05, 3.63) is 53.6 Å². The molecule has 0 amide bonds. The minimum Gasteiger partial charge on any atom is -0.497 e. The molecule has 0 heterocycles. The molecular weight excluding hydrogens is 378 g/mol. The average Bonchev–Trinajstić information content (AvgIpc) is 2.79. The summed E-state index contributed by atoms with van der Waals surface area (Å²) in [5, 5.41) is 18.1. The Bertz CT molecular complexity index is 861. The summed E-state index contributed by atoms with van der Waals surface area (Å²) in [4.78, 5) is 0. The first-order valence-corrected chi connectivity index (χ1v) is 10.2. The molecule has 0 N–H and O–H groups in total. The van der Waals surface area contributed by atoms with Crippen LogP contribution in [-0.4, -0.2) is 34.4 Å². The Morgan fingerprint density at radius 3 is 2.40 bits per heavy atom. The first-order valence-electron chi connectivity index (χ1n) is 10.2. The summed E-state index contributed by atoms with van der Waals surface area (Å²) in [5.41, 5.74) is 2.17. The molecule has 0 spiro atoms. The third-order valence-corrected chi connectivity index (χ3v) is 5.18. The van der Waals surface area contributed by atoms with Gasteiger partial charge in [-0.2, -0.15) is 15.5 Å². The van der Waals surface area contributed by atoms with Crippen LogP contribution in [0, 0.1) is 11.3 Å². The second-order valence-corrected chi connectivity index (χ2v) is 7.09. The molecule has 0 radical (unpaired) electrons. The predicted molar refractivity (Wildman–Crippen MR) is 118 cm³/mol. The van der Waals surface area contributed by atoms with Crippen LogP contribution in [0.2, 0.25) is 0 Å². The van der Waals surface area contributed by atoms with Crippen molar-refractivity contribution in [2.24, 2.45) is 10.2 Å². The lowest BCUT2D eigenvalue weighted by Gasteiger charge is -2.15. The fourth-order valence-corrected chi connectivity index (χ4v) is 3.52. The van der Waals surface area contributed by atoms with Crippen LogP contribution >= 0.6 is 0 Å². The molecule has 0 aliphatic rings.